The third-order valence-corrected chi connectivity index (χ3v) is 7.99. The van der Waals surface area contributed by atoms with Gasteiger partial charge < -0.3 is 18.8 Å². The summed E-state index contributed by atoms with van der Waals surface area (Å²) in [4.78, 5) is 37.3. The Hall–Kier alpha value is -2.99. The van der Waals surface area contributed by atoms with Gasteiger partial charge in [-0.2, -0.15) is 4.68 Å². The van der Waals surface area contributed by atoms with Crippen LogP contribution < -0.4 is 15.4 Å². The number of nitrogens with zero attached hydrogens (tertiary/aromatic N) is 4. The van der Waals surface area contributed by atoms with Gasteiger partial charge in [0.1, 0.15) is 18.4 Å². The van der Waals surface area contributed by atoms with Crippen LogP contribution in [-0.2, 0) is 26.2 Å². The van der Waals surface area contributed by atoms with E-state index in [1.54, 1.807) is 23.1 Å². The monoisotopic (exact) mass is 820 g/mol. The summed E-state index contributed by atoms with van der Waals surface area (Å²) in [5, 5.41) is 4.88. The number of para-hydroxylation sites is 1. The second-order valence-corrected chi connectivity index (χ2v) is 14.5. The largest absolute Gasteiger partial charge is 0.489 e. The van der Waals surface area contributed by atoms with Crippen LogP contribution in [0.4, 0.5) is 5.69 Å². The molecule has 0 aliphatic heterocycles. The molecular weight excluding hydrogens is 774 g/mol. The van der Waals surface area contributed by atoms with E-state index in [-0.39, 0.29) is 41.0 Å². The molecule has 288 valence electrons. The van der Waals surface area contributed by atoms with Gasteiger partial charge in [0.25, 0.3) is 5.91 Å². The van der Waals surface area contributed by atoms with Gasteiger partial charge in [0.2, 0.25) is 11.8 Å². The fourth-order valence-electron chi connectivity index (χ4n) is 4.37. The second kappa shape index (κ2) is 22.9. The minimum atomic E-state index is -1.01. The topological polar surface area (TPSA) is 107 Å². The number of carbonyl (C=O) groups excluding carboxylic acids is 2. The van der Waals surface area contributed by atoms with Crippen molar-refractivity contribution in [2.75, 3.05) is 37.2 Å². The zero-order valence-electron chi connectivity index (χ0n) is 31.0. The molecule has 0 bridgehead atoms. The van der Waals surface area contributed by atoms with Crippen molar-refractivity contribution in [3.05, 3.63) is 93.3 Å². The van der Waals surface area contributed by atoms with E-state index in [2.05, 4.69) is 25.2 Å². The maximum Gasteiger partial charge on any atom is 0.442 e. The van der Waals surface area contributed by atoms with Crippen LogP contribution in [0.5, 0.6) is 5.75 Å². The predicted molar refractivity (Wildman–Crippen MR) is 214 cm³/mol. The van der Waals surface area contributed by atoms with Crippen LogP contribution in [0.2, 0.25) is 10.0 Å². The molecule has 3 rings (SSSR count). The van der Waals surface area contributed by atoms with Crippen molar-refractivity contribution in [1.82, 2.24) is 14.7 Å². The molecule has 0 unspecified atom stereocenters. The summed E-state index contributed by atoms with van der Waals surface area (Å²) in [6.45, 7) is 24.1. The van der Waals surface area contributed by atoms with Gasteiger partial charge in [-0.3, -0.25) is 14.5 Å². The lowest BCUT2D eigenvalue weighted by Gasteiger charge is -2.25. The molecule has 0 radical (unpaired) electrons. The van der Waals surface area contributed by atoms with Crippen LogP contribution in [-0.4, -0.2) is 69.7 Å². The molecule has 2 amide bonds. The van der Waals surface area contributed by atoms with Crippen molar-refractivity contribution in [2.45, 2.75) is 78.2 Å². The minimum absolute atomic E-state index is 0.0371. The highest BCUT2D eigenvalue weighted by atomic mass is 35.5. The van der Waals surface area contributed by atoms with Gasteiger partial charge in [0.15, 0.2) is 4.84 Å². The number of rotatable bonds is 14. The Bertz CT molecular complexity index is 1670. The number of benzene rings is 2. The molecule has 0 aliphatic carbocycles. The quantitative estimate of drug-likeness (QED) is 0.0907. The molecule has 0 aliphatic rings. The van der Waals surface area contributed by atoms with Crippen LogP contribution in [0, 0.1) is 6.92 Å². The summed E-state index contributed by atoms with van der Waals surface area (Å²) >= 11 is 28.8. The van der Waals surface area contributed by atoms with Gasteiger partial charge in [-0.25, -0.2) is 4.79 Å². The summed E-state index contributed by atoms with van der Waals surface area (Å²) in [5.74, 6) is -0.333. The molecular formula is C37H49Cl5N4O6. The Labute approximate surface area is 332 Å². The number of aryl methyl sites for hydroxylation is 2. The van der Waals surface area contributed by atoms with Gasteiger partial charge in [-0.05, 0) is 51.3 Å². The van der Waals surface area contributed by atoms with Gasteiger partial charge in [-0.15, -0.1) is 29.9 Å². The number of ether oxygens (including phenoxy) is 2. The molecule has 10 nitrogen and oxygen atoms in total. The smallest absolute Gasteiger partial charge is 0.442 e. The maximum atomic E-state index is 12.1. The lowest BCUT2D eigenvalue weighted by atomic mass is 9.97. The first kappa shape index (κ1) is 47.0. The summed E-state index contributed by atoms with van der Waals surface area (Å²) in [6, 6.07) is 9.13. The number of halogens is 5. The lowest BCUT2D eigenvalue weighted by Crippen LogP contribution is -2.35. The van der Waals surface area contributed by atoms with Gasteiger partial charge in [0, 0.05) is 31.2 Å². The molecule has 0 fully saturated rings. The molecule has 2 aromatic carbocycles. The normalized spacial score (nSPS) is 10.9. The second-order valence-electron chi connectivity index (χ2n) is 12.4. The van der Waals surface area contributed by atoms with Crippen LogP contribution in [0.1, 0.15) is 65.5 Å². The van der Waals surface area contributed by atoms with E-state index >= 15 is 0 Å². The molecule has 0 spiro atoms. The number of alkyl halides is 3. The number of aromatic nitrogens is 2. The van der Waals surface area contributed by atoms with E-state index in [1.165, 1.54) is 11.0 Å². The Kier molecular flexibility index (Phi) is 20.7. The van der Waals surface area contributed by atoms with Gasteiger partial charge >= 0.3 is 5.76 Å². The van der Waals surface area contributed by atoms with E-state index in [4.69, 9.17) is 71.9 Å². The zero-order valence-corrected chi connectivity index (χ0v) is 34.8. The van der Waals surface area contributed by atoms with E-state index in [0.29, 0.717) is 42.0 Å². The minimum Gasteiger partial charge on any atom is -0.489 e. The zero-order chi connectivity index (χ0) is 39.8. The highest BCUT2D eigenvalue weighted by Crippen LogP contribution is 2.33. The fraction of sp³-hybridized carbons (Fsp3) is 0.459. The molecule has 3 aromatic rings. The molecule has 52 heavy (non-hydrogen) atoms. The van der Waals surface area contributed by atoms with Crippen molar-refractivity contribution in [2.24, 2.45) is 0 Å². The SMILES string of the molecule is C=CCN(CC=C)C(=O)C(Cl)Cl.CC(C)Oc1cc(-n2nc(C(C)(C)C)oc2=O)c(Cl)cc1Cl.CCOCN(C(=O)CCl)c1c(C)cccc1CC. The number of hydrogen-bond acceptors (Lipinski definition) is 7. The first-order chi connectivity index (χ1) is 24.4. The van der Waals surface area contributed by atoms with E-state index in [1.807, 2.05) is 66.7 Å². The standard InChI is InChI=1S/C15H18Cl2N2O3.C14H20ClNO2.C8H11Cl2NO/c1-8(2)21-12-7-11(9(16)6-10(12)17)19-14(20)22-13(18-19)15(3,4)5;1-4-12-8-6-7-11(3)14(12)16(10-18-5-2)13(17)9-15;1-3-5-11(6-4-2)8(12)7(9)10/h6-8H,1-5H3;6-8H,4-5,9-10H2,1-3H3;3-4,7H,1-2,5-6H2. The third kappa shape index (κ3) is 14.4. The van der Waals surface area contributed by atoms with Crippen molar-refractivity contribution in [3.63, 3.8) is 0 Å². The van der Waals surface area contributed by atoms with Crippen molar-refractivity contribution < 1.29 is 23.5 Å². The summed E-state index contributed by atoms with van der Waals surface area (Å²) < 4.78 is 17.3. The van der Waals surface area contributed by atoms with Gasteiger partial charge in [-0.1, -0.05) is 104 Å². The molecule has 1 heterocycles. The first-order valence-corrected chi connectivity index (χ1v) is 18.6. The lowest BCUT2D eigenvalue weighted by molar-refractivity contribution is -0.128. The Balaban J connectivity index is 0.000000408. The fourth-order valence-corrected chi connectivity index (χ4v) is 5.30. The predicted octanol–water partition coefficient (Wildman–Crippen LogP) is 9.33. The van der Waals surface area contributed by atoms with Gasteiger partial charge in [0.05, 0.1) is 27.5 Å². The highest BCUT2D eigenvalue weighted by molar-refractivity contribution is 6.53. The number of hydrogen-bond donors (Lipinski definition) is 0. The average molecular weight is 823 g/mol. The summed E-state index contributed by atoms with van der Waals surface area (Å²) in [7, 11) is 0. The summed E-state index contributed by atoms with van der Waals surface area (Å²) in [6.07, 6.45) is 4.02. The summed E-state index contributed by atoms with van der Waals surface area (Å²) in [5.41, 5.74) is 3.10. The average Bonchev–Trinajstić information content (AvgIpc) is 3.48. The van der Waals surface area contributed by atoms with Crippen molar-refractivity contribution in [1.29, 1.82) is 0 Å². The number of anilines is 1. The molecule has 0 saturated heterocycles. The molecule has 0 N–H and O–H groups in total. The highest BCUT2D eigenvalue weighted by Gasteiger charge is 2.25. The van der Waals surface area contributed by atoms with E-state index in [0.717, 1.165) is 27.9 Å². The Morgan fingerprint density at radius 2 is 1.67 bits per heavy atom. The molecule has 1 aromatic heterocycles. The van der Waals surface area contributed by atoms with Crippen LogP contribution >= 0.6 is 58.0 Å². The van der Waals surface area contributed by atoms with E-state index in [9.17, 15) is 14.4 Å². The third-order valence-electron chi connectivity index (χ3n) is 6.79. The number of amides is 2. The molecule has 0 atom stereocenters. The van der Waals surface area contributed by atoms with E-state index < -0.39 is 10.6 Å². The molecule has 0 saturated carbocycles. The Morgan fingerprint density at radius 1 is 1.06 bits per heavy atom. The number of carbonyl (C=O) groups is 2. The Morgan fingerprint density at radius 3 is 2.13 bits per heavy atom. The van der Waals surface area contributed by atoms with Crippen molar-refractivity contribution >= 4 is 75.5 Å². The van der Waals surface area contributed by atoms with Crippen molar-refractivity contribution in [3.8, 4) is 11.4 Å². The van der Waals surface area contributed by atoms with Crippen LogP contribution in [0.3, 0.4) is 0 Å². The first-order valence-electron chi connectivity index (χ1n) is 16.5. The maximum absolute atomic E-state index is 12.1. The van der Waals surface area contributed by atoms with Crippen LogP contribution in [0.15, 0.2) is 64.9 Å². The van der Waals surface area contributed by atoms with Crippen LogP contribution in [0.25, 0.3) is 5.69 Å². The molecule has 15 heteroatoms.